The van der Waals surface area contributed by atoms with Crippen LogP contribution in [0.15, 0.2) is 72.8 Å². The molecule has 3 aromatic carbocycles. The van der Waals surface area contributed by atoms with E-state index >= 15 is 0 Å². The van der Waals surface area contributed by atoms with Gasteiger partial charge in [0.25, 0.3) is 11.8 Å². The average Bonchev–Trinajstić information content (AvgIpc) is 3.59. The minimum atomic E-state index is -2.80. The summed E-state index contributed by atoms with van der Waals surface area (Å²) >= 11 is 6.53. The normalized spacial score (nSPS) is 27.0. The number of fused-ring (bicyclic) bond motifs is 2. The van der Waals surface area contributed by atoms with Gasteiger partial charge in [0.05, 0.1) is 25.0 Å². The van der Waals surface area contributed by atoms with Crippen molar-refractivity contribution in [3.8, 4) is 0 Å². The van der Waals surface area contributed by atoms with Crippen LogP contribution < -0.4 is 20.0 Å². The molecule has 2 spiro atoms. The van der Waals surface area contributed by atoms with Crippen LogP contribution in [0.1, 0.15) is 37.3 Å². The minimum absolute atomic E-state index is 0.0983. The highest BCUT2D eigenvalue weighted by molar-refractivity contribution is 6.71. The second kappa shape index (κ2) is 12.0. The number of nitrogens with zero attached hydrogens (tertiary/aromatic N) is 3. The van der Waals surface area contributed by atoms with E-state index in [2.05, 4.69) is 22.3 Å². The average molecular weight is 675 g/mol. The predicted molar refractivity (Wildman–Crippen MR) is 186 cm³/mol. The predicted octanol–water partition coefficient (Wildman–Crippen LogP) is 5.00. The third kappa shape index (κ3) is 5.12. The van der Waals surface area contributed by atoms with Gasteiger partial charge in [-0.3, -0.25) is 14.5 Å². The highest BCUT2D eigenvalue weighted by Gasteiger charge is 2.66. The molecule has 0 saturated carbocycles. The Hall–Kier alpha value is -3.25. The number of carbonyl (C=O) groups excluding carboxylic acids is 2. The molecule has 3 fully saturated rings. The summed E-state index contributed by atoms with van der Waals surface area (Å²) in [5.74, 6) is -0.433. The number of halogens is 1. The number of benzene rings is 3. The number of para-hydroxylation sites is 1. The van der Waals surface area contributed by atoms with Gasteiger partial charge in [0.15, 0.2) is 13.9 Å². The van der Waals surface area contributed by atoms with Crippen LogP contribution in [-0.4, -0.2) is 68.0 Å². The highest BCUT2D eigenvalue weighted by atomic mass is 35.5. The Morgan fingerprint density at radius 2 is 1.70 bits per heavy atom. The Balaban J connectivity index is 1.22. The summed E-state index contributed by atoms with van der Waals surface area (Å²) in [6, 6.07) is 23.5. The molecule has 0 aliphatic carbocycles. The molecular formula is C36H43ClN4O5Si. The summed E-state index contributed by atoms with van der Waals surface area (Å²) in [5.41, 5.74) is 1.93. The second-order valence-corrected chi connectivity index (χ2v) is 18.4. The first-order valence-corrected chi connectivity index (χ1v) is 20.0. The number of rotatable bonds is 7. The van der Waals surface area contributed by atoms with E-state index < -0.39 is 25.6 Å². The molecule has 4 aliphatic rings. The summed E-state index contributed by atoms with van der Waals surface area (Å²) < 4.78 is 6.70. The maximum atomic E-state index is 14.7. The standard InChI is InChI=1S/C36H43ClN4O5Si/c1-24-32(47(2,3)45)31(14-19-42)46-36(24)29-21-26(37)12-13-30(29)39(34(36)44)22-25-8-7-11-28(20-25)40-23-41(27-9-5-4-6-10-27)35(33(40)43)15-17-38-18-16-35/h4-13,20-21,24,31-32,38,42,45H,14-19,22-23H2,1-3H3/t24-,31+,32-,36+/m1/s1. The number of hydrogen-bond donors (Lipinski definition) is 3. The van der Waals surface area contributed by atoms with Crippen molar-refractivity contribution in [3.63, 3.8) is 0 Å². The van der Waals surface area contributed by atoms with E-state index in [-0.39, 0.29) is 36.4 Å². The third-order valence-electron chi connectivity index (χ3n) is 10.9. The molecule has 0 unspecified atom stereocenters. The lowest BCUT2D eigenvalue weighted by Gasteiger charge is -2.39. The maximum Gasteiger partial charge on any atom is 0.264 e. The fraction of sp³-hybridized carbons (Fsp3) is 0.444. The van der Waals surface area contributed by atoms with Gasteiger partial charge in [-0.25, -0.2) is 0 Å². The monoisotopic (exact) mass is 674 g/mol. The van der Waals surface area contributed by atoms with Crippen molar-refractivity contribution in [1.29, 1.82) is 0 Å². The summed E-state index contributed by atoms with van der Waals surface area (Å²) in [4.78, 5) is 46.2. The van der Waals surface area contributed by atoms with E-state index in [9.17, 15) is 19.5 Å². The molecule has 9 nitrogen and oxygen atoms in total. The van der Waals surface area contributed by atoms with Gasteiger partial charge in [-0.2, -0.15) is 0 Å². The van der Waals surface area contributed by atoms with E-state index in [1.165, 1.54) is 0 Å². The van der Waals surface area contributed by atoms with Gasteiger partial charge in [0, 0.05) is 40.0 Å². The van der Waals surface area contributed by atoms with Crippen molar-refractivity contribution in [1.82, 2.24) is 5.32 Å². The van der Waals surface area contributed by atoms with Crippen LogP contribution >= 0.6 is 11.6 Å². The zero-order chi connectivity index (χ0) is 33.1. The number of piperidine rings is 1. The quantitative estimate of drug-likeness (QED) is 0.303. The van der Waals surface area contributed by atoms with Crippen LogP contribution in [0.25, 0.3) is 0 Å². The van der Waals surface area contributed by atoms with Crippen molar-refractivity contribution in [2.75, 3.05) is 41.1 Å². The molecule has 7 rings (SSSR count). The van der Waals surface area contributed by atoms with E-state index in [1.807, 2.05) is 79.5 Å². The lowest BCUT2D eigenvalue weighted by Crippen LogP contribution is -2.55. The number of aliphatic hydroxyl groups is 1. The Morgan fingerprint density at radius 3 is 2.40 bits per heavy atom. The Morgan fingerprint density at radius 1 is 0.979 bits per heavy atom. The number of hydrogen-bond acceptors (Lipinski definition) is 7. The van der Waals surface area contributed by atoms with Gasteiger partial charge in [-0.1, -0.05) is 48.9 Å². The summed E-state index contributed by atoms with van der Waals surface area (Å²) in [7, 11) is -2.80. The molecule has 4 aliphatic heterocycles. The number of ether oxygens (including phenoxy) is 1. The maximum absolute atomic E-state index is 14.7. The van der Waals surface area contributed by atoms with Crippen molar-refractivity contribution < 1.29 is 24.2 Å². The third-order valence-corrected chi connectivity index (χ3v) is 13.6. The lowest BCUT2D eigenvalue weighted by molar-refractivity contribution is -0.146. The molecule has 3 N–H and O–H groups in total. The number of amides is 2. The van der Waals surface area contributed by atoms with Crippen LogP contribution in [0.3, 0.4) is 0 Å². The summed E-state index contributed by atoms with van der Waals surface area (Å²) in [6.45, 7) is 7.89. The molecular weight excluding hydrogens is 632 g/mol. The molecule has 4 heterocycles. The zero-order valence-electron chi connectivity index (χ0n) is 27.2. The number of anilines is 3. The summed E-state index contributed by atoms with van der Waals surface area (Å²) in [6.07, 6.45) is 1.33. The van der Waals surface area contributed by atoms with E-state index in [1.54, 1.807) is 11.0 Å². The number of carbonyl (C=O) groups is 2. The van der Waals surface area contributed by atoms with Gasteiger partial charge in [-0.15, -0.1) is 0 Å². The number of nitrogens with one attached hydrogen (secondary N) is 1. The van der Waals surface area contributed by atoms with Gasteiger partial charge in [-0.05, 0) is 93.5 Å². The van der Waals surface area contributed by atoms with E-state index in [0.717, 1.165) is 48.6 Å². The fourth-order valence-corrected chi connectivity index (χ4v) is 11.6. The van der Waals surface area contributed by atoms with E-state index in [4.69, 9.17) is 16.3 Å². The van der Waals surface area contributed by atoms with Crippen LogP contribution in [-0.2, 0) is 26.5 Å². The first-order chi connectivity index (χ1) is 22.5. The lowest BCUT2D eigenvalue weighted by atomic mass is 9.82. The molecule has 0 bridgehead atoms. The molecule has 4 atom stereocenters. The van der Waals surface area contributed by atoms with Crippen molar-refractivity contribution >= 4 is 48.8 Å². The molecule has 248 valence electrons. The van der Waals surface area contributed by atoms with Crippen LogP contribution in [0.5, 0.6) is 0 Å². The van der Waals surface area contributed by atoms with Crippen LogP contribution in [0.2, 0.25) is 23.7 Å². The van der Waals surface area contributed by atoms with Crippen molar-refractivity contribution in [2.24, 2.45) is 5.92 Å². The van der Waals surface area contributed by atoms with Gasteiger partial charge >= 0.3 is 0 Å². The topological polar surface area (TPSA) is 106 Å². The Bertz CT molecular complexity index is 1680. The van der Waals surface area contributed by atoms with Crippen LogP contribution in [0, 0.1) is 5.92 Å². The van der Waals surface area contributed by atoms with Crippen molar-refractivity contribution in [2.45, 2.75) is 68.6 Å². The molecule has 0 aromatic heterocycles. The number of aliphatic hydroxyl groups excluding tert-OH is 1. The minimum Gasteiger partial charge on any atom is -0.432 e. The molecule has 0 radical (unpaired) electrons. The summed E-state index contributed by atoms with van der Waals surface area (Å²) in [5, 5.41) is 13.8. The largest absolute Gasteiger partial charge is 0.432 e. The molecule has 2 amide bonds. The zero-order valence-corrected chi connectivity index (χ0v) is 28.9. The first kappa shape index (κ1) is 32.3. The second-order valence-electron chi connectivity index (χ2n) is 14.0. The fourth-order valence-electron chi connectivity index (χ4n) is 8.78. The Kier molecular flexibility index (Phi) is 8.26. The Labute approximate surface area is 282 Å². The van der Waals surface area contributed by atoms with Crippen LogP contribution in [0.4, 0.5) is 17.1 Å². The van der Waals surface area contributed by atoms with Gasteiger partial charge in [0.1, 0.15) is 5.54 Å². The van der Waals surface area contributed by atoms with E-state index in [0.29, 0.717) is 23.7 Å². The van der Waals surface area contributed by atoms with Gasteiger partial charge in [0.2, 0.25) is 0 Å². The SMILES string of the molecule is C[C@@H]1[C@@H]([Si](C)(C)O)[C@H](CCO)O[C@@]12C(=O)N(Cc1cccc(N3CN(c4ccccc4)C4(CCNCC4)C3=O)c1)c1ccc(Cl)cc12. The molecule has 3 saturated heterocycles. The van der Waals surface area contributed by atoms with Gasteiger partial charge < -0.3 is 29.8 Å². The molecule has 3 aromatic rings. The molecule has 47 heavy (non-hydrogen) atoms. The molecule has 11 heteroatoms. The first-order valence-electron chi connectivity index (χ1n) is 16.6. The van der Waals surface area contributed by atoms with Crippen molar-refractivity contribution in [3.05, 3.63) is 88.9 Å². The highest BCUT2D eigenvalue weighted by Crippen LogP contribution is 2.60. The smallest absolute Gasteiger partial charge is 0.264 e.